The molecule has 1 aliphatic rings. The normalized spacial score (nSPS) is 19.5. The van der Waals surface area contributed by atoms with Crippen LogP contribution in [0.1, 0.15) is 5.69 Å². The number of nitrogens with zero attached hydrogens (tertiary/aromatic N) is 1. The van der Waals surface area contributed by atoms with Crippen LogP contribution in [0.3, 0.4) is 0 Å². The molecule has 1 saturated heterocycles. The van der Waals surface area contributed by atoms with Crippen molar-refractivity contribution in [2.45, 2.75) is 12.0 Å². The van der Waals surface area contributed by atoms with Crippen molar-refractivity contribution in [2.75, 3.05) is 13.1 Å². The van der Waals surface area contributed by atoms with Gasteiger partial charge in [-0.1, -0.05) is 6.07 Å². The van der Waals surface area contributed by atoms with Crippen LogP contribution in [0.25, 0.3) is 0 Å². The molecular weight excluding hydrogens is 171 g/mol. The van der Waals surface area contributed by atoms with E-state index in [0.29, 0.717) is 25.2 Å². The molecule has 0 spiro atoms. The molecule has 4 heteroatoms. The largest absolute Gasteiger partial charge is 0.387 e. The fraction of sp³-hybridized carbons (Fsp3) is 0.444. The summed E-state index contributed by atoms with van der Waals surface area (Å²) in [7, 11) is 0. The topological polar surface area (TPSA) is 45.2 Å². The summed E-state index contributed by atoms with van der Waals surface area (Å²) in [5.41, 5.74) is -0.121. The minimum atomic E-state index is -0.721. The first-order valence-corrected chi connectivity index (χ1v) is 4.23. The third-order valence-electron chi connectivity index (χ3n) is 2.19. The molecule has 0 aliphatic carbocycles. The van der Waals surface area contributed by atoms with Crippen LogP contribution in [0.4, 0.5) is 4.39 Å². The first-order valence-electron chi connectivity index (χ1n) is 4.23. The van der Waals surface area contributed by atoms with Crippen molar-refractivity contribution in [1.29, 1.82) is 0 Å². The standard InChI is InChI=1S/C9H11FN2O/c10-8-3-1-2-7(12-8)4-9(13)5-11-6-9/h1-3,11,13H,4-6H2. The zero-order valence-electron chi connectivity index (χ0n) is 7.13. The molecule has 0 saturated carbocycles. The van der Waals surface area contributed by atoms with Gasteiger partial charge in [0.05, 0.1) is 5.60 Å². The molecule has 0 amide bonds. The lowest BCUT2D eigenvalue weighted by atomic mass is 9.91. The van der Waals surface area contributed by atoms with Crippen LogP contribution in [0.5, 0.6) is 0 Å². The highest BCUT2D eigenvalue weighted by Crippen LogP contribution is 2.16. The third kappa shape index (κ3) is 1.84. The van der Waals surface area contributed by atoms with E-state index in [1.165, 1.54) is 6.07 Å². The van der Waals surface area contributed by atoms with Crippen LogP contribution in [-0.4, -0.2) is 28.8 Å². The molecule has 0 aromatic carbocycles. The lowest BCUT2D eigenvalue weighted by Gasteiger charge is -2.37. The third-order valence-corrected chi connectivity index (χ3v) is 2.19. The molecule has 0 atom stereocenters. The molecule has 0 unspecified atom stereocenters. The van der Waals surface area contributed by atoms with Gasteiger partial charge >= 0.3 is 0 Å². The van der Waals surface area contributed by atoms with Crippen LogP contribution in [0.15, 0.2) is 18.2 Å². The molecule has 2 heterocycles. The molecule has 2 N–H and O–H groups in total. The van der Waals surface area contributed by atoms with E-state index in [-0.39, 0.29) is 0 Å². The Bertz CT molecular complexity index is 312. The van der Waals surface area contributed by atoms with Crippen molar-refractivity contribution >= 4 is 0 Å². The Labute approximate surface area is 75.6 Å². The average molecular weight is 182 g/mol. The van der Waals surface area contributed by atoms with Crippen molar-refractivity contribution in [3.05, 3.63) is 29.8 Å². The Morgan fingerprint density at radius 2 is 2.31 bits per heavy atom. The van der Waals surface area contributed by atoms with Crippen LogP contribution in [0.2, 0.25) is 0 Å². The molecule has 1 aromatic rings. The highest BCUT2D eigenvalue weighted by molar-refractivity contribution is 5.10. The Balaban J connectivity index is 2.09. The van der Waals surface area contributed by atoms with E-state index in [1.807, 2.05) is 0 Å². The quantitative estimate of drug-likeness (QED) is 0.637. The molecule has 3 nitrogen and oxygen atoms in total. The van der Waals surface area contributed by atoms with E-state index in [0.717, 1.165) is 0 Å². The molecule has 2 rings (SSSR count). The van der Waals surface area contributed by atoms with Crippen molar-refractivity contribution in [2.24, 2.45) is 0 Å². The molecule has 1 fully saturated rings. The molecule has 1 aromatic heterocycles. The minimum Gasteiger partial charge on any atom is -0.387 e. The van der Waals surface area contributed by atoms with E-state index in [9.17, 15) is 9.50 Å². The van der Waals surface area contributed by atoms with Gasteiger partial charge in [0.15, 0.2) is 0 Å². The zero-order chi connectivity index (χ0) is 9.31. The summed E-state index contributed by atoms with van der Waals surface area (Å²) in [6, 6.07) is 4.62. The lowest BCUT2D eigenvalue weighted by molar-refractivity contribution is -0.00992. The highest BCUT2D eigenvalue weighted by Gasteiger charge is 2.34. The highest BCUT2D eigenvalue weighted by atomic mass is 19.1. The summed E-state index contributed by atoms with van der Waals surface area (Å²) in [4.78, 5) is 3.69. The second-order valence-electron chi connectivity index (χ2n) is 3.46. The number of aromatic nitrogens is 1. The molecular formula is C9H11FN2O. The fourth-order valence-corrected chi connectivity index (χ4v) is 1.42. The minimum absolute atomic E-state index is 0.414. The summed E-state index contributed by atoms with van der Waals surface area (Å²) >= 11 is 0. The second kappa shape index (κ2) is 3.05. The Hall–Kier alpha value is -1.00. The second-order valence-corrected chi connectivity index (χ2v) is 3.46. The molecule has 0 bridgehead atoms. The van der Waals surface area contributed by atoms with E-state index in [1.54, 1.807) is 12.1 Å². The first-order chi connectivity index (χ1) is 6.18. The summed E-state index contributed by atoms with van der Waals surface area (Å²) in [5.74, 6) is -0.492. The maximum Gasteiger partial charge on any atom is 0.213 e. The molecule has 0 radical (unpaired) electrons. The number of aliphatic hydroxyl groups is 1. The van der Waals surface area contributed by atoms with Crippen molar-refractivity contribution in [1.82, 2.24) is 10.3 Å². The molecule has 13 heavy (non-hydrogen) atoms. The molecule has 1 aliphatic heterocycles. The fourth-order valence-electron chi connectivity index (χ4n) is 1.42. The lowest BCUT2D eigenvalue weighted by Crippen LogP contribution is -2.60. The predicted molar refractivity (Wildman–Crippen MR) is 45.7 cm³/mol. The van der Waals surface area contributed by atoms with Gasteiger partial charge in [-0.25, -0.2) is 4.98 Å². The smallest absolute Gasteiger partial charge is 0.213 e. The van der Waals surface area contributed by atoms with Gasteiger partial charge in [0.1, 0.15) is 0 Å². The summed E-state index contributed by atoms with van der Waals surface area (Å²) in [5, 5.41) is 12.7. The number of nitrogens with one attached hydrogen (secondary N) is 1. The number of hydrogen-bond donors (Lipinski definition) is 2. The summed E-state index contributed by atoms with van der Waals surface area (Å²) in [6.07, 6.45) is 0.414. The zero-order valence-corrected chi connectivity index (χ0v) is 7.13. The number of pyridine rings is 1. The van der Waals surface area contributed by atoms with Gasteiger partial charge in [-0.15, -0.1) is 0 Å². The van der Waals surface area contributed by atoms with Gasteiger partial charge in [0.25, 0.3) is 0 Å². The first kappa shape index (κ1) is 8.59. The van der Waals surface area contributed by atoms with Gasteiger partial charge < -0.3 is 10.4 Å². The van der Waals surface area contributed by atoms with Gasteiger partial charge in [-0.3, -0.25) is 0 Å². The van der Waals surface area contributed by atoms with Crippen LogP contribution >= 0.6 is 0 Å². The SMILES string of the molecule is OC1(Cc2cccc(F)n2)CNC1. The number of rotatable bonds is 2. The Morgan fingerprint density at radius 1 is 1.54 bits per heavy atom. The Kier molecular flexibility index (Phi) is 2.01. The van der Waals surface area contributed by atoms with Gasteiger partial charge in [0.2, 0.25) is 5.95 Å². The molecule has 70 valence electrons. The van der Waals surface area contributed by atoms with Crippen LogP contribution < -0.4 is 5.32 Å². The van der Waals surface area contributed by atoms with Crippen molar-refractivity contribution in [3.63, 3.8) is 0 Å². The van der Waals surface area contributed by atoms with Crippen molar-refractivity contribution in [3.8, 4) is 0 Å². The monoisotopic (exact) mass is 182 g/mol. The van der Waals surface area contributed by atoms with Crippen LogP contribution in [0, 0.1) is 5.95 Å². The van der Waals surface area contributed by atoms with E-state index < -0.39 is 11.5 Å². The number of halogens is 1. The van der Waals surface area contributed by atoms with Crippen molar-refractivity contribution < 1.29 is 9.50 Å². The maximum absolute atomic E-state index is 12.7. The summed E-state index contributed by atoms with van der Waals surface area (Å²) in [6.45, 7) is 1.12. The maximum atomic E-state index is 12.7. The van der Waals surface area contributed by atoms with Gasteiger partial charge in [0, 0.05) is 25.2 Å². The van der Waals surface area contributed by atoms with E-state index in [2.05, 4.69) is 10.3 Å². The summed E-state index contributed by atoms with van der Waals surface area (Å²) < 4.78 is 12.7. The van der Waals surface area contributed by atoms with Gasteiger partial charge in [-0.05, 0) is 12.1 Å². The van der Waals surface area contributed by atoms with E-state index in [4.69, 9.17) is 0 Å². The average Bonchev–Trinajstić information content (AvgIpc) is 2.01. The number of hydrogen-bond acceptors (Lipinski definition) is 3. The van der Waals surface area contributed by atoms with Gasteiger partial charge in [-0.2, -0.15) is 4.39 Å². The Morgan fingerprint density at radius 3 is 2.85 bits per heavy atom. The van der Waals surface area contributed by atoms with E-state index >= 15 is 0 Å². The number of β-amino-alcohol motifs (C(OH)–C–C–N with tert-alkyl or cyclic N) is 1. The predicted octanol–water partition coefficient (Wildman–Crippen LogP) is 0.0975. The van der Waals surface area contributed by atoms with Crippen LogP contribution in [-0.2, 0) is 6.42 Å².